The highest BCUT2D eigenvalue weighted by Crippen LogP contribution is 2.28. The van der Waals surface area contributed by atoms with Gasteiger partial charge in [0.1, 0.15) is 42.7 Å². The Morgan fingerprint density at radius 1 is 0.909 bits per heavy atom. The van der Waals surface area contributed by atoms with Gasteiger partial charge in [-0.25, -0.2) is 0 Å². The summed E-state index contributed by atoms with van der Waals surface area (Å²) in [5, 5.41) is 69.0. The molecule has 0 saturated carbocycles. The second kappa shape index (κ2) is 7.01. The molecule has 2 rings (SSSR count). The van der Waals surface area contributed by atoms with Crippen molar-refractivity contribution in [3.63, 3.8) is 0 Å². The Labute approximate surface area is 126 Å². The van der Waals surface area contributed by atoms with Gasteiger partial charge in [0.15, 0.2) is 6.29 Å². The summed E-state index contributed by atoms with van der Waals surface area (Å²) in [4.78, 5) is 0. The van der Waals surface area contributed by atoms with Gasteiger partial charge in [-0.15, -0.1) is 0 Å². The minimum absolute atomic E-state index is 0.630. The number of rotatable bonds is 3. The van der Waals surface area contributed by atoms with Gasteiger partial charge in [-0.2, -0.15) is 5.11 Å². The second-order valence-electron chi connectivity index (χ2n) is 5.49. The maximum absolute atomic E-state index is 11.3. The van der Waals surface area contributed by atoms with Crippen molar-refractivity contribution in [1.82, 2.24) is 0 Å². The first-order chi connectivity index (χ1) is 10.3. The average molecular weight is 325 g/mol. The highest BCUT2D eigenvalue weighted by atomic mass is 16.7. The Morgan fingerprint density at radius 3 is 2.14 bits per heavy atom. The average Bonchev–Trinajstić information content (AvgIpc) is 2.49. The lowest BCUT2D eigenvalue weighted by molar-refractivity contribution is -0.356. The number of aliphatic hydroxyl groups excluding tert-OH is 6. The number of hydrogen-bond acceptors (Lipinski definition) is 9. The smallest absolute Gasteiger partial charge is 0.220 e. The van der Waals surface area contributed by atoms with E-state index in [0.717, 1.165) is 0 Å². The van der Waals surface area contributed by atoms with Crippen LogP contribution in [0.1, 0.15) is 6.92 Å². The highest BCUT2D eigenvalue weighted by Gasteiger charge is 2.49. The van der Waals surface area contributed by atoms with E-state index in [-0.39, 0.29) is 0 Å². The first kappa shape index (κ1) is 17.9. The zero-order valence-electron chi connectivity index (χ0n) is 11.8. The summed E-state index contributed by atoms with van der Waals surface area (Å²) in [6, 6.07) is 0. The van der Waals surface area contributed by atoms with Crippen molar-refractivity contribution < 1.29 is 50.0 Å². The predicted molar refractivity (Wildman–Crippen MR) is 65.7 cm³/mol. The first-order valence-electron chi connectivity index (χ1n) is 6.91. The topological polar surface area (TPSA) is 169 Å². The lowest BCUT2D eigenvalue weighted by Gasteiger charge is -2.44. The van der Waals surface area contributed by atoms with Crippen LogP contribution >= 0.6 is 0 Å². The number of aliphatic hydroxyl groups is 6. The second-order valence-corrected chi connectivity index (χ2v) is 5.49. The Kier molecular flexibility index (Phi) is 5.72. The van der Waals surface area contributed by atoms with Gasteiger partial charge >= 0.3 is 0 Å². The molecule has 6 N–H and O–H groups in total. The fourth-order valence-electron chi connectivity index (χ4n) is 2.53. The molecule has 10 nitrogen and oxygen atoms in total. The third-order valence-electron chi connectivity index (χ3n) is 3.92. The van der Waals surface area contributed by atoms with Crippen LogP contribution in [-0.4, -0.2) is 98.7 Å². The van der Waals surface area contributed by atoms with E-state index in [1.165, 1.54) is 6.92 Å². The third kappa shape index (κ3) is 3.26. The summed E-state index contributed by atoms with van der Waals surface area (Å²) >= 11 is 0. The Hall–Kier alpha value is -0.400. The van der Waals surface area contributed by atoms with Crippen LogP contribution in [0.4, 0.5) is 0 Å². The van der Waals surface area contributed by atoms with Crippen molar-refractivity contribution >= 4 is 0 Å². The molecular formula is C12H21O10. The molecule has 2 aliphatic rings. The standard InChI is InChI=1S/C12H21O10/c1-3-10(7(16)8(17)11(19)20-3)22-12-9(18)6(15)5(14)4(2-13)21-12/h3-18H,2H2,1H3/t3-,4+,5+,6-,7-,8+,9+,10-,11+,12-/m0/s1. The molecule has 0 aromatic carbocycles. The normalized spacial score (nSPS) is 53.5. The van der Waals surface area contributed by atoms with E-state index >= 15 is 0 Å². The quantitative estimate of drug-likeness (QED) is 0.303. The maximum Gasteiger partial charge on any atom is 0.220 e. The Morgan fingerprint density at radius 2 is 1.55 bits per heavy atom. The number of hydrogen-bond donors (Lipinski definition) is 6. The molecule has 2 heterocycles. The minimum Gasteiger partial charge on any atom is -0.394 e. The minimum atomic E-state index is -1.83. The summed E-state index contributed by atoms with van der Waals surface area (Å²) in [5.41, 5.74) is 0. The van der Waals surface area contributed by atoms with Crippen molar-refractivity contribution in [2.45, 2.75) is 68.3 Å². The molecule has 129 valence electrons. The van der Waals surface area contributed by atoms with Crippen LogP contribution in [0.2, 0.25) is 0 Å². The van der Waals surface area contributed by atoms with Crippen LogP contribution < -0.4 is 0 Å². The van der Waals surface area contributed by atoms with Crippen LogP contribution in [0.5, 0.6) is 0 Å². The predicted octanol–water partition coefficient (Wildman–Crippen LogP) is -3.93. The van der Waals surface area contributed by atoms with Gasteiger partial charge in [-0.3, -0.25) is 0 Å². The van der Waals surface area contributed by atoms with E-state index in [0.29, 0.717) is 0 Å². The van der Waals surface area contributed by atoms with Crippen LogP contribution in [0.15, 0.2) is 0 Å². The van der Waals surface area contributed by atoms with Gasteiger partial charge < -0.3 is 44.8 Å². The van der Waals surface area contributed by atoms with Crippen LogP contribution in [0.25, 0.3) is 0 Å². The molecule has 10 atom stereocenters. The molecular weight excluding hydrogens is 304 g/mol. The lowest BCUT2D eigenvalue weighted by atomic mass is 9.97. The van der Waals surface area contributed by atoms with Crippen molar-refractivity contribution in [3.8, 4) is 0 Å². The van der Waals surface area contributed by atoms with E-state index in [4.69, 9.17) is 19.3 Å². The van der Waals surface area contributed by atoms with Crippen molar-refractivity contribution in [2.75, 3.05) is 6.61 Å². The summed E-state index contributed by atoms with van der Waals surface area (Å²) in [6.45, 7) is 0.796. The summed E-state index contributed by atoms with van der Waals surface area (Å²) < 4.78 is 15.3. The van der Waals surface area contributed by atoms with E-state index in [2.05, 4.69) is 0 Å². The number of ether oxygens (including phenoxy) is 3. The molecule has 0 aromatic rings. The zero-order chi connectivity index (χ0) is 16.6. The van der Waals surface area contributed by atoms with Crippen molar-refractivity contribution in [1.29, 1.82) is 0 Å². The van der Waals surface area contributed by atoms with Gasteiger partial charge in [-0.05, 0) is 6.92 Å². The first-order valence-corrected chi connectivity index (χ1v) is 6.91. The van der Waals surface area contributed by atoms with Gasteiger partial charge in [-0.1, -0.05) is 0 Å². The summed E-state index contributed by atoms with van der Waals surface area (Å²) in [6.07, 6.45) is -14.8. The van der Waals surface area contributed by atoms with Gasteiger partial charge in [0.05, 0.1) is 12.7 Å². The van der Waals surface area contributed by atoms with Crippen molar-refractivity contribution in [3.05, 3.63) is 0 Å². The van der Waals surface area contributed by atoms with Gasteiger partial charge in [0.25, 0.3) is 0 Å². The van der Waals surface area contributed by atoms with E-state index in [9.17, 15) is 30.6 Å². The van der Waals surface area contributed by atoms with Gasteiger partial charge in [0, 0.05) is 0 Å². The van der Waals surface area contributed by atoms with Gasteiger partial charge in [0.2, 0.25) is 6.29 Å². The van der Waals surface area contributed by atoms with E-state index in [1.807, 2.05) is 0 Å². The lowest BCUT2D eigenvalue weighted by Crippen LogP contribution is -2.63. The van der Waals surface area contributed by atoms with Crippen LogP contribution in [0.3, 0.4) is 0 Å². The largest absolute Gasteiger partial charge is 0.394 e. The van der Waals surface area contributed by atoms with Crippen LogP contribution in [-0.2, 0) is 19.3 Å². The molecule has 10 heteroatoms. The molecule has 0 bridgehead atoms. The molecule has 2 fully saturated rings. The molecule has 0 unspecified atom stereocenters. The maximum atomic E-state index is 11.3. The molecule has 0 aromatic heterocycles. The zero-order valence-corrected chi connectivity index (χ0v) is 11.8. The Balaban J connectivity index is 2.08. The fourth-order valence-corrected chi connectivity index (χ4v) is 2.53. The molecule has 0 aliphatic carbocycles. The molecule has 0 spiro atoms. The van der Waals surface area contributed by atoms with E-state index in [1.54, 1.807) is 0 Å². The SMILES string of the molecule is C[C@@H]1O[C@@H]([O])[C@H](O)[C@H](O)[C@H]1O[C@@H]1O[C@H](CO)[C@@H](O)[C@H](O)[C@H]1O. The summed E-state index contributed by atoms with van der Waals surface area (Å²) in [5.74, 6) is 0. The Bertz CT molecular complexity index is 366. The van der Waals surface area contributed by atoms with E-state index < -0.39 is 68.0 Å². The molecule has 2 saturated heterocycles. The molecule has 2 aliphatic heterocycles. The third-order valence-corrected chi connectivity index (χ3v) is 3.92. The molecule has 0 amide bonds. The van der Waals surface area contributed by atoms with Crippen molar-refractivity contribution in [2.24, 2.45) is 0 Å². The highest BCUT2D eigenvalue weighted by molar-refractivity contribution is 4.92. The fraction of sp³-hybridized carbons (Fsp3) is 1.00. The molecule has 1 radical (unpaired) electrons. The monoisotopic (exact) mass is 325 g/mol. The molecule has 22 heavy (non-hydrogen) atoms. The van der Waals surface area contributed by atoms with Crippen LogP contribution in [0, 0.1) is 0 Å². The summed E-state index contributed by atoms with van der Waals surface area (Å²) in [7, 11) is 0.